The monoisotopic (exact) mass is 294 g/mol. The van der Waals surface area contributed by atoms with Crippen LogP contribution in [0.15, 0.2) is 18.2 Å². The second kappa shape index (κ2) is 6.11. The molecule has 2 N–H and O–H groups in total. The van der Waals surface area contributed by atoms with Crippen molar-refractivity contribution in [2.75, 3.05) is 11.9 Å². The van der Waals surface area contributed by atoms with Crippen LogP contribution in [0.1, 0.15) is 37.0 Å². The molecule has 0 radical (unpaired) electrons. The van der Waals surface area contributed by atoms with Crippen LogP contribution in [-0.4, -0.2) is 34.6 Å². The van der Waals surface area contributed by atoms with Crippen LogP contribution in [0.4, 0.5) is 14.9 Å². The molecule has 114 valence electrons. The minimum Gasteiger partial charge on any atom is -0.478 e. The fourth-order valence-electron chi connectivity index (χ4n) is 2.11. The van der Waals surface area contributed by atoms with E-state index in [1.165, 1.54) is 12.1 Å². The zero-order chi connectivity index (χ0) is 15.6. The fraction of sp³-hybridized carbons (Fsp3) is 0.467. The molecule has 0 aliphatic heterocycles. The smallest absolute Gasteiger partial charge is 0.335 e. The maximum Gasteiger partial charge on any atom is 0.335 e. The van der Waals surface area contributed by atoms with Crippen molar-refractivity contribution in [1.29, 1.82) is 0 Å². The summed E-state index contributed by atoms with van der Waals surface area (Å²) in [6.07, 6.45) is 1.95. The molecule has 1 aliphatic rings. The highest BCUT2D eigenvalue weighted by atomic mass is 19.1. The maximum absolute atomic E-state index is 13.8. The van der Waals surface area contributed by atoms with Crippen LogP contribution in [0.25, 0.3) is 0 Å². The number of carbonyl (C=O) groups excluding carboxylic acids is 1. The lowest BCUT2D eigenvalue weighted by atomic mass is 10.2. The summed E-state index contributed by atoms with van der Waals surface area (Å²) < 4.78 is 13.8. The first-order valence-corrected chi connectivity index (χ1v) is 6.99. The van der Waals surface area contributed by atoms with E-state index in [4.69, 9.17) is 5.11 Å². The van der Waals surface area contributed by atoms with Gasteiger partial charge in [-0.3, -0.25) is 0 Å². The summed E-state index contributed by atoms with van der Waals surface area (Å²) in [4.78, 5) is 24.7. The Morgan fingerprint density at radius 2 is 2.10 bits per heavy atom. The molecule has 1 aliphatic carbocycles. The number of carboxylic acids is 1. The van der Waals surface area contributed by atoms with Gasteiger partial charge < -0.3 is 15.3 Å². The lowest BCUT2D eigenvalue weighted by Gasteiger charge is -2.24. The van der Waals surface area contributed by atoms with Gasteiger partial charge in [-0.1, -0.05) is 13.8 Å². The van der Waals surface area contributed by atoms with E-state index in [1.54, 1.807) is 4.90 Å². The van der Waals surface area contributed by atoms with E-state index in [2.05, 4.69) is 5.32 Å². The van der Waals surface area contributed by atoms with E-state index in [1.807, 2.05) is 13.8 Å². The first kappa shape index (κ1) is 15.3. The molecule has 1 fully saturated rings. The van der Waals surface area contributed by atoms with Crippen molar-refractivity contribution >= 4 is 17.7 Å². The molecule has 21 heavy (non-hydrogen) atoms. The van der Waals surface area contributed by atoms with Gasteiger partial charge in [0, 0.05) is 12.6 Å². The zero-order valence-corrected chi connectivity index (χ0v) is 12.1. The largest absolute Gasteiger partial charge is 0.478 e. The molecule has 2 amide bonds. The van der Waals surface area contributed by atoms with Gasteiger partial charge in [0.2, 0.25) is 0 Å². The van der Waals surface area contributed by atoms with Crippen molar-refractivity contribution in [2.45, 2.75) is 32.7 Å². The Labute approximate surface area is 122 Å². The molecular formula is C15H19FN2O3. The van der Waals surface area contributed by atoms with Gasteiger partial charge >= 0.3 is 12.0 Å². The van der Waals surface area contributed by atoms with Crippen molar-refractivity contribution in [2.24, 2.45) is 5.92 Å². The number of halogens is 1. The van der Waals surface area contributed by atoms with Crippen molar-refractivity contribution in [3.8, 4) is 0 Å². The van der Waals surface area contributed by atoms with Crippen molar-refractivity contribution in [3.63, 3.8) is 0 Å². The van der Waals surface area contributed by atoms with Gasteiger partial charge in [-0.2, -0.15) is 0 Å². The lowest BCUT2D eigenvalue weighted by Crippen LogP contribution is -2.39. The Hall–Kier alpha value is -2.11. The Bertz CT molecular complexity index is 556. The molecule has 0 aromatic heterocycles. The molecular weight excluding hydrogens is 275 g/mol. The molecule has 0 saturated heterocycles. The molecule has 6 heteroatoms. The summed E-state index contributed by atoms with van der Waals surface area (Å²) in [6.45, 7) is 4.65. The minimum absolute atomic E-state index is 0.000550. The topological polar surface area (TPSA) is 69.6 Å². The van der Waals surface area contributed by atoms with E-state index < -0.39 is 11.8 Å². The highest BCUT2D eigenvalue weighted by molar-refractivity contribution is 5.92. The summed E-state index contributed by atoms with van der Waals surface area (Å²) in [7, 11) is 0. The second-order valence-corrected chi connectivity index (χ2v) is 5.71. The van der Waals surface area contributed by atoms with Crippen molar-refractivity contribution in [3.05, 3.63) is 29.6 Å². The van der Waals surface area contributed by atoms with Gasteiger partial charge in [0.15, 0.2) is 0 Å². The van der Waals surface area contributed by atoms with Gasteiger partial charge in [-0.25, -0.2) is 14.0 Å². The number of hydrogen-bond acceptors (Lipinski definition) is 2. The fourth-order valence-corrected chi connectivity index (χ4v) is 2.11. The normalized spacial score (nSPS) is 14.1. The third-order valence-corrected chi connectivity index (χ3v) is 3.27. The van der Waals surface area contributed by atoms with Gasteiger partial charge in [-0.05, 0) is 37.0 Å². The molecule has 0 unspecified atom stereocenters. The second-order valence-electron chi connectivity index (χ2n) is 5.71. The van der Waals surface area contributed by atoms with E-state index in [9.17, 15) is 14.0 Å². The van der Waals surface area contributed by atoms with Gasteiger partial charge in [0.25, 0.3) is 0 Å². The molecule has 5 nitrogen and oxygen atoms in total. The van der Waals surface area contributed by atoms with E-state index >= 15 is 0 Å². The molecule has 2 rings (SSSR count). The highest BCUT2D eigenvalue weighted by Gasteiger charge is 2.33. The Morgan fingerprint density at radius 1 is 1.43 bits per heavy atom. The number of carboxylic acid groups (broad SMARTS) is 1. The van der Waals surface area contributed by atoms with Crippen molar-refractivity contribution < 1.29 is 19.1 Å². The summed E-state index contributed by atoms with van der Waals surface area (Å²) >= 11 is 0. The first-order valence-electron chi connectivity index (χ1n) is 6.99. The number of benzene rings is 1. The molecule has 0 atom stereocenters. The number of urea groups is 1. The maximum atomic E-state index is 13.8. The molecule has 0 bridgehead atoms. The van der Waals surface area contributed by atoms with Crippen LogP contribution in [0.5, 0.6) is 0 Å². The van der Waals surface area contributed by atoms with E-state index in [0.29, 0.717) is 12.5 Å². The van der Waals surface area contributed by atoms with E-state index in [-0.39, 0.29) is 23.3 Å². The van der Waals surface area contributed by atoms with E-state index in [0.717, 1.165) is 18.9 Å². The number of nitrogens with zero attached hydrogens (tertiary/aromatic N) is 1. The Morgan fingerprint density at radius 3 is 2.57 bits per heavy atom. The van der Waals surface area contributed by atoms with Gasteiger partial charge in [-0.15, -0.1) is 0 Å². The first-order chi connectivity index (χ1) is 9.88. The molecule has 0 spiro atoms. The summed E-state index contributed by atoms with van der Waals surface area (Å²) in [5, 5.41) is 11.3. The summed E-state index contributed by atoms with van der Waals surface area (Å²) in [6, 6.07) is 3.34. The lowest BCUT2D eigenvalue weighted by molar-refractivity contribution is 0.0696. The number of anilines is 1. The standard InChI is InChI=1S/C15H19FN2O3/c1-9(2)8-18(11-4-5-11)15(21)17-13-6-3-10(14(19)20)7-12(13)16/h3,6-7,9,11H,4-5,8H2,1-2H3,(H,17,21)(H,19,20). The van der Waals surface area contributed by atoms with Crippen LogP contribution in [0, 0.1) is 11.7 Å². The van der Waals surface area contributed by atoms with Crippen LogP contribution >= 0.6 is 0 Å². The van der Waals surface area contributed by atoms with Gasteiger partial charge in [0.05, 0.1) is 11.3 Å². The number of rotatable bonds is 5. The van der Waals surface area contributed by atoms with Crippen LogP contribution in [0.2, 0.25) is 0 Å². The average molecular weight is 294 g/mol. The number of hydrogen-bond donors (Lipinski definition) is 2. The quantitative estimate of drug-likeness (QED) is 0.876. The third kappa shape index (κ3) is 3.93. The Balaban J connectivity index is 2.09. The predicted octanol–water partition coefficient (Wildman–Crippen LogP) is 3.18. The number of nitrogens with one attached hydrogen (secondary N) is 1. The highest BCUT2D eigenvalue weighted by Crippen LogP contribution is 2.28. The van der Waals surface area contributed by atoms with Crippen LogP contribution in [0.3, 0.4) is 0 Å². The molecule has 1 saturated carbocycles. The summed E-state index contributed by atoms with van der Waals surface area (Å²) in [5.74, 6) is -1.62. The molecule has 0 heterocycles. The molecule has 1 aromatic carbocycles. The molecule has 1 aromatic rings. The minimum atomic E-state index is -1.20. The van der Waals surface area contributed by atoms with Crippen LogP contribution < -0.4 is 5.32 Å². The van der Waals surface area contributed by atoms with Crippen molar-refractivity contribution in [1.82, 2.24) is 4.90 Å². The predicted molar refractivity (Wildman–Crippen MR) is 76.9 cm³/mol. The zero-order valence-electron chi connectivity index (χ0n) is 12.1. The van der Waals surface area contributed by atoms with Crippen LogP contribution in [-0.2, 0) is 0 Å². The number of aromatic carboxylic acids is 1. The van der Waals surface area contributed by atoms with Gasteiger partial charge in [0.1, 0.15) is 5.82 Å². The SMILES string of the molecule is CC(C)CN(C(=O)Nc1ccc(C(=O)O)cc1F)C1CC1. The number of amides is 2. The Kier molecular flexibility index (Phi) is 4.45. The number of carbonyl (C=O) groups is 2. The average Bonchev–Trinajstić information content (AvgIpc) is 3.22. The summed E-state index contributed by atoms with van der Waals surface area (Å²) in [5.41, 5.74) is -0.147. The third-order valence-electron chi connectivity index (χ3n) is 3.27.